The summed E-state index contributed by atoms with van der Waals surface area (Å²) in [5, 5.41) is 7.70. The molecule has 0 saturated carbocycles. The number of sulfone groups is 1. The topological polar surface area (TPSA) is 90.0 Å². The average molecular weight is 256 g/mol. The lowest BCUT2D eigenvalue weighted by Gasteiger charge is -2.11. The maximum absolute atomic E-state index is 11.5. The van der Waals surface area contributed by atoms with Gasteiger partial charge in [0.15, 0.2) is 9.84 Å². The summed E-state index contributed by atoms with van der Waals surface area (Å²) >= 11 is 0. The second-order valence-corrected chi connectivity index (χ2v) is 6.97. The second kappa shape index (κ2) is 3.71. The normalized spacial score (nSPS) is 26.9. The van der Waals surface area contributed by atoms with Crippen LogP contribution in [0.3, 0.4) is 0 Å². The molecule has 0 spiro atoms. The smallest absolute Gasteiger partial charge is 0.152 e. The highest BCUT2D eigenvalue weighted by Gasteiger charge is 2.32. The van der Waals surface area contributed by atoms with E-state index < -0.39 is 9.84 Å². The zero-order valence-corrected chi connectivity index (χ0v) is 10.3. The van der Waals surface area contributed by atoms with Gasteiger partial charge in [0, 0.05) is 12.1 Å². The van der Waals surface area contributed by atoms with Crippen molar-refractivity contribution in [3.8, 4) is 0 Å². The van der Waals surface area contributed by atoms with E-state index in [2.05, 4.69) is 10.4 Å². The number of nitrogens with two attached hydrogens (primary N) is 1. The van der Waals surface area contributed by atoms with Crippen molar-refractivity contribution in [2.24, 2.45) is 0 Å². The van der Waals surface area contributed by atoms with E-state index in [9.17, 15) is 8.42 Å². The van der Waals surface area contributed by atoms with Gasteiger partial charge in [-0.2, -0.15) is 5.10 Å². The van der Waals surface area contributed by atoms with E-state index in [-0.39, 0.29) is 17.5 Å². The Labute approximate surface area is 100 Å². The standard InChI is InChI=1S/C10H16N4O2S/c11-10-8-1-3-12-5-9(8)13-14(10)7-2-4-17(15,16)6-7/h7,12H,1-6,11H2. The van der Waals surface area contributed by atoms with Crippen LogP contribution in [0.15, 0.2) is 0 Å². The Morgan fingerprint density at radius 1 is 1.47 bits per heavy atom. The fourth-order valence-corrected chi connectivity index (χ4v) is 4.30. The number of nitrogens with one attached hydrogen (secondary N) is 1. The molecule has 94 valence electrons. The van der Waals surface area contributed by atoms with Gasteiger partial charge in [0.25, 0.3) is 0 Å². The minimum absolute atomic E-state index is 0.0781. The van der Waals surface area contributed by atoms with Crippen LogP contribution in [0.1, 0.15) is 23.7 Å². The van der Waals surface area contributed by atoms with Crippen molar-refractivity contribution >= 4 is 15.7 Å². The van der Waals surface area contributed by atoms with E-state index in [1.54, 1.807) is 4.68 Å². The van der Waals surface area contributed by atoms with Crippen molar-refractivity contribution in [2.45, 2.75) is 25.4 Å². The van der Waals surface area contributed by atoms with Crippen molar-refractivity contribution in [3.63, 3.8) is 0 Å². The van der Waals surface area contributed by atoms with Gasteiger partial charge >= 0.3 is 0 Å². The Morgan fingerprint density at radius 3 is 2.94 bits per heavy atom. The Hall–Kier alpha value is -1.08. The molecule has 17 heavy (non-hydrogen) atoms. The van der Waals surface area contributed by atoms with Gasteiger partial charge in [-0.1, -0.05) is 0 Å². The van der Waals surface area contributed by atoms with Gasteiger partial charge in [0.1, 0.15) is 5.82 Å². The summed E-state index contributed by atoms with van der Waals surface area (Å²) in [6.45, 7) is 1.64. The lowest BCUT2D eigenvalue weighted by molar-refractivity contribution is 0.499. The predicted molar refractivity (Wildman–Crippen MR) is 64.4 cm³/mol. The minimum atomic E-state index is -2.89. The molecule has 1 aromatic heterocycles. The highest BCUT2D eigenvalue weighted by atomic mass is 32.2. The maximum Gasteiger partial charge on any atom is 0.152 e. The summed E-state index contributed by atoms with van der Waals surface area (Å²) in [7, 11) is -2.89. The molecular formula is C10H16N4O2S. The van der Waals surface area contributed by atoms with E-state index in [0.29, 0.717) is 12.2 Å². The average Bonchev–Trinajstić information content (AvgIpc) is 2.81. The number of rotatable bonds is 1. The summed E-state index contributed by atoms with van der Waals surface area (Å²) in [5.74, 6) is 1.08. The largest absolute Gasteiger partial charge is 0.384 e. The molecule has 0 radical (unpaired) electrons. The van der Waals surface area contributed by atoms with Crippen molar-refractivity contribution < 1.29 is 8.42 Å². The van der Waals surface area contributed by atoms with Crippen LogP contribution in [0.25, 0.3) is 0 Å². The molecule has 0 aromatic carbocycles. The van der Waals surface area contributed by atoms with Crippen LogP contribution in [-0.2, 0) is 22.8 Å². The highest BCUT2D eigenvalue weighted by molar-refractivity contribution is 7.91. The van der Waals surface area contributed by atoms with Crippen LogP contribution < -0.4 is 11.1 Å². The molecule has 6 nitrogen and oxygen atoms in total. The number of hydrogen-bond donors (Lipinski definition) is 2. The summed E-state index contributed by atoms with van der Waals surface area (Å²) in [5.41, 5.74) is 8.13. The van der Waals surface area contributed by atoms with E-state index in [0.717, 1.165) is 30.8 Å². The first kappa shape index (κ1) is 11.0. The fraction of sp³-hybridized carbons (Fsp3) is 0.700. The quantitative estimate of drug-likeness (QED) is 0.705. The number of nitrogen functional groups attached to an aromatic ring is 1. The summed E-state index contributed by atoms with van der Waals surface area (Å²) in [4.78, 5) is 0. The Morgan fingerprint density at radius 2 is 2.29 bits per heavy atom. The van der Waals surface area contributed by atoms with Crippen molar-refractivity contribution in [1.29, 1.82) is 0 Å². The van der Waals surface area contributed by atoms with Gasteiger partial charge in [-0.15, -0.1) is 0 Å². The second-order valence-electron chi connectivity index (χ2n) is 4.74. The van der Waals surface area contributed by atoms with Crippen LogP contribution in [0.5, 0.6) is 0 Å². The van der Waals surface area contributed by atoms with E-state index in [4.69, 9.17) is 5.73 Å². The number of nitrogens with zero attached hydrogens (tertiary/aromatic N) is 2. The van der Waals surface area contributed by atoms with Crippen LogP contribution >= 0.6 is 0 Å². The molecule has 2 aliphatic heterocycles. The molecule has 7 heteroatoms. The zero-order valence-electron chi connectivity index (χ0n) is 9.52. The van der Waals surface area contributed by atoms with Crippen LogP contribution in [-0.4, -0.2) is 36.2 Å². The van der Waals surface area contributed by atoms with Crippen molar-refractivity contribution in [3.05, 3.63) is 11.3 Å². The van der Waals surface area contributed by atoms with Gasteiger partial charge in [-0.25, -0.2) is 13.1 Å². The number of hydrogen-bond acceptors (Lipinski definition) is 5. The van der Waals surface area contributed by atoms with E-state index >= 15 is 0 Å². The molecule has 1 atom stereocenters. The van der Waals surface area contributed by atoms with E-state index in [1.807, 2.05) is 0 Å². The van der Waals surface area contributed by atoms with Gasteiger partial charge in [0.05, 0.1) is 23.2 Å². The molecule has 1 saturated heterocycles. The third kappa shape index (κ3) is 1.83. The third-order valence-electron chi connectivity index (χ3n) is 3.53. The highest BCUT2D eigenvalue weighted by Crippen LogP contribution is 2.29. The third-order valence-corrected chi connectivity index (χ3v) is 5.28. The maximum atomic E-state index is 11.5. The predicted octanol–water partition coefficient (Wildman–Crippen LogP) is -0.529. The monoisotopic (exact) mass is 256 g/mol. The first-order chi connectivity index (χ1) is 8.07. The van der Waals surface area contributed by atoms with E-state index in [1.165, 1.54) is 0 Å². The summed E-state index contributed by atoms with van der Waals surface area (Å²) in [6.07, 6.45) is 1.50. The Kier molecular flexibility index (Phi) is 2.41. The molecule has 2 aliphatic rings. The fourth-order valence-electron chi connectivity index (χ4n) is 2.61. The summed E-state index contributed by atoms with van der Waals surface area (Å²) in [6, 6.07) is -0.0781. The first-order valence-electron chi connectivity index (χ1n) is 5.84. The van der Waals surface area contributed by atoms with Crippen LogP contribution in [0.2, 0.25) is 0 Å². The lowest BCUT2D eigenvalue weighted by Crippen LogP contribution is -2.23. The minimum Gasteiger partial charge on any atom is -0.384 e. The molecule has 0 amide bonds. The molecule has 1 unspecified atom stereocenters. The summed E-state index contributed by atoms with van der Waals surface area (Å²) < 4.78 is 24.7. The van der Waals surface area contributed by atoms with Gasteiger partial charge in [-0.05, 0) is 19.4 Å². The van der Waals surface area contributed by atoms with Gasteiger partial charge in [0.2, 0.25) is 0 Å². The molecule has 3 rings (SSSR count). The zero-order chi connectivity index (χ0) is 12.0. The van der Waals surface area contributed by atoms with Crippen molar-refractivity contribution in [1.82, 2.24) is 15.1 Å². The van der Waals surface area contributed by atoms with Crippen LogP contribution in [0, 0.1) is 0 Å². The molecule has 3 N–H and O–H groups in total. The number of aromatic nitrogens is 2. The van der Waals surface area contributed by atoms with Crippen LogP contribution in [0.4, 0.5) is 5.82 Å². The SMILES string of the molecule is Nc1c2c(nn1C1CCS(=O)(=O)C1)CNCC2. The first-order valence-corrected chi connectivity index (χ1v) is 7.66. The molecule has 1 fully saturated rings. The van der Waals surface area contributed by atoms with Gasteiger partial charge in [-0.3, -0.25) is 0 Å². The van der Waals surface area contributed by atoms with Gasteiger partial charge < -0.3 is 11.1 Å². The molecule has 0 aliphatic carbocycles. The number of fused-ring (bicyclic) bond motifs is 1. The molecule has 0 bridgehead atoms. The molecule has 3 heterocycles. The lowest BCUT2D eigenvalue weighted by atomic mass is 10.1. The Bertz CT molecular complexity index is 549. The van der Waals surface area contributed by atoms with Crippen molar-refractivity contribution in [2.75, 3.05) is 23.8 Å². The number of anilines is 1. The molecule has 1 aromatic rings. The molecular weight excluding hydrogens is 240 g/mol. The Balaban J connectivity index is 1.96.